The van der Waals surface area contributed by atoms with Crippen molar-refractivity contribution in [2.75, 3.05) is 30.8 Å². The van der Waals surface area contributed by atoms with Crippen LogP contribution in [0.3, 0.4) is 0 Å². The summed E-state index contributed by atoms with van der Waals surface area (Å²) in [6.07, 6.45) is 3.64. The molecule has 26 heavy (non-hydrogen) atoms. The molecule has 1 fully saturated rings. The maximum absolute atomic E-state index is 14.0. The maximum Gasteiger partial charge on any atom is 0.357 e. The molecule has 1 aliphatic heterocycles. The van der Waals surface area contributed by atoms with Gasteiger partial charge in [0.05, 0.1) is 29.7 Å². The molecular formula is C19H21FN4O2. The van der Waals surface area contributed by atoms with Crippen molar-refractivity contribution in [3.8, 4) is 11.8 Å². The van der Waals surface area contributed by atoms with Gasteiger partial charge in [-0.2, -0.15) is 5.26 Å². The summed E-state index contributed by atoms with van der Waals surface area (Å²) in [4.78, 5) is 14.4. The minimum atomic E-state index is -0.675. The number of nitrogens with two attached hydrogens (primary N) is 1. The van der Waals surface area contributed by atoms with Crippen LogP contribution in [0.5, 0.6) is 0 Å². The van der Waals surface area contributed by atoms with Gasteiger partial charge in [0.25, 0.3) is 0 Å². The third-order valence-corrected chi connectivity index (χ3v) is 4.74. The number of anilines is 2. The zero-order valence-electron chi connectivity index (χ0n) is 14.8. The molecule has 136 valence electrons. The van der Waals surface area contributed by atoms with Crippen molar-refractivity contribution in [1.29, 1.82) is 5.26 Å². The lowest BCUT2D eigenvalue weighted by molar-refractivity contribution is 0.0593. The van der Waals surface area contributed by atoms with Crippen LogP contribution in [0.1, 0.15) is 35.8 Å². The van der Waals surface area contributed by atoms with Crippen LogP contribution in [0.2, 0.25) is 0 Å². The summed E-state index contributed by atoms with van der Waals surface area (Å²) < 4.78 is 20.3. The molecule has 1 aromatic heterocycles. The number of hydrogen-bond donors (Lipinski definition) is 1. The van der Waals surface area contributed by atoms with Gasteiger partial charge in [-0.05, 0) is 37.0 Å². The van der Waals surface area contributed by atoms with E-state index < -0.39 is 11.8 Å². The molecule has 0 saturated carbocycles. The Bertz CT molecular complexity index is 884. The van der Waals surface area contributed by atoms with Crippen molar-refractivity contribution >= 4 is 17.3 Å². The van der Waals surface area contributed by atoms with Crippen molar-refractivity contribution in [3.63, 3.8) is 0 Å². The molecule has 1 saturated heterocycles. The first-order valence-electron chi connectivity index (χ1n) is 8.50. The second kappa shape index (κ2) is 7.08. The van der Waals surface area contributed by atoms with Crippen LogP contribution in [-0.4, -0.2) is 30.7 Å². The quantitative estimate of drug-likeness (QED) is 0.854. The molecule has 1 unspecified atom stereocenters. The molecule has 1 atom stereocenters. The lowest BCUT2D eigenvalue weighted by atomic mass is 9.99. The number of aromatic nitrogens is 1. The summed E-state index contributed by atoms with van der Waals surface area (Å²) in [5, 5.41) is 9.28. The fourth-order valence-electron chi connectivity index (χ4n) is 3.47. The SMILES string of the molecule is COC(=O)c1c(N)c(C#N)cn1-c1cc(F)ccc1N1CCCC(C)C1. The van der Waals surface area contributed by atoms with Gasteiger partial charge in [-0.25, -0.2) is 9.18 Å². The first-order chi connectivity index (χ1) is 12.5. The zero-order chi connectivity index (χ0) is 18.8. The molecule has 2 aromatic rings. The number of rotatable bonds is 3. The van der Waals surface area contributed by atoms with E-state index in [1.54, 1.807) is 6.07 Å². The zero-order valence-corrected chi connectivity index (χ0v) is 14.8. The minimum absolute atomic E-state index is 0.0287. The Morgan fingerprint density at radius 1 is 1.42 bits per heavy atom. The summed E-state index contributed by atoms with van der Waals surface area (Å²) in [6.45, 7) is 3.86. The van der Waals surface area contributed by atoms with Gasteiger partial charge in [-0.1, -0.05) is 6.92 Å². The number of carbonyl (C=O) groups excluding carboxylic acids is 1. The molecule has 0 amide bonds. The number of esters is 1. The molecule has 2 N–H and O–H groups in total. The Morgan fingerprint density at radius 2 is 2.19 bits per heavy atom. The Morgan fingerprint density at radius 3 is 2.85 bits per heavy atom. The number of nitrogen functional groups attached to an aromatic ring is 1. The van der Waals surface area contributed by atoms with E-state index in [1.165, 1.54) is 30.0 Å². The van der Waals surface area contributed by atoms with Crippen LogP contribution in [0.4, 0.5) is 15.8 Å². The molecule has 6 nitrogen and oxygen atoms in total. The van der Waals surface area contributed by atoms with Crippen LogP contribution >= 0.6 is 0 Å². The Kier molecular flexibility index (Phi) is 4.85. The van der Waals surface area contributed by atoms with Gasteiger partial charge in [0.1, 0.15) is 11.9 Å². The van der Waals surface area contributed by atoms with Gasteiger partial charge in [0.2, 0.25) is 0 Å². The molecule has 3 rings (SSSR count). The molecule has 0 spiro atoms. The predicted molar refractivity (Wildman–Crippen MR) is 96.8 cm³/mol. The standard InChI is InChI=1S/C19H21FN4O2/c1-12-4-3-7-23(10-12)15-6-5-14(20)8-16(15)24-11-13(9-21)17(22)18(24)19(25)26-2/h5-6,8,11-12H,3-4,7,10,22H2,1-2H3. The second-order valence-corrected chi connectivity index (χ2v) is 6.60. The van der Waals surface area contributed by atoms with E-state index in [-0.39, 0.29) is 16.9 Å². The molecule has 1 aromatic carbocycles. The molecule has 1 aliphatic rings. The maximum atomic E-state index is 14.0. The van der Waals surface area contributed by atoms with Crippen molar-refractivity contribution < 1.29 is 13.9 Å². The van der Waals surface area contributed by atoms with E-state index in [9.17, 15) is 14.4 Å². The number of carbonyl (C=O) groups is 1. The molecule has 0 radical (unpaired) electrons. The fraction of sp³-hybridized carbons (Fsp3) is 0.368. The van der Waals surface area contributed by atoms with Gasteiger partial charge in [-0.15, -0.1) is 0 Å². The highest BCUT2D eigenvalue weighted by Crippen LogP contribution is 2.33. The predicted octanol–water partition coefficient (Wildman–Crippen LogP) is 3.09. The van der Waals surface area contributed by atoms with Gasteiger partial charge in [0, 0.05) is 19.3 Å². The van der Waals surface area contributed by atoms with E-state index in [0.29, 0.717) is 11.6 Å². The highest BCUT2D eigenvalue weighted by Gasteiger charge is 2.26. The van der Waals surface area contributed by atoms with Crippen molar-refractivity contribution in [3.05, 3.63) is 41.5 Å². The first kappa shape index (κ1) is 17.8. The highest BCUT2D eigenvalue weighted by molar-refractivity contribution is 5.96. The van der Waals surface area contributed by atoms with Crippen molar-refractivity contribution in [2.45, 2.75) is 19.8 Å². The van der Waals surface area contributed by atoms with E-state index >= 15 is 0 Å². The second-order valence-electron chi connectivity index (χ2n) is 6.60. The minimum Gasteiger partial charge on any atom is -0.464 e. The van der Waals surface area contributed by atoms with Gasteiger partial charge >= 0.3 is 5.97 Å². The van der Waals surface area contributed by atoms with Crippen LogP contribution in [0.25, 0.3) is 5.69 Å². The Balaban J connectivity index is 2.20. The monoisotopic (exact) mass is 356 g/mol. The first-order valence-corrected chi connectivity index (χ1v) is 8.50. The topological polar surface area (TPSA) is 84.3 Å². The summed E-state index contributed by atoms with van der Waals surface area (Å²) in [7, 11) is 1.24. The number of benzene rings is 1. The van der Waals surface area contributed by atoms with Crippen LogP contribution < -0.4 is 10.6 Å². The van der Waals surface area contributed by atoms with Gasteiger partial charge in [0.15, 0.2) is 5.69 Å². The van der Waals surface area contributed by atoms with E-state index in [0.717, 1.165) is 31.6 Å². The number of nitriles is 1. The number of nitrogens with zero attached hydrogens (tertiary/aromatic N) is 3. The number of methoxy groups -OCH3 is 1. The number of piperidine rings is 1. The molecule has 0 bridgehead atoms. The smallest absolute Gasteiger partial charge is 0.357 e. The van der Waals surface area contributed by atoms with E-state index in [2.05, 4.69) is 11.8 Å². The summed E-state index contributed by atoms with van der Waals surface area (Å²) in [5.41, 5.74) is 7.43. The van der Waals surface area contributed by atoms with Crippen LogP contribution in [-0.2, 0) is 4.74 Å². The lowest BCUT2D eigenvalue weighted by Crippen LogP contribution is -2.35. The average molecular weight is 356 g/mol. The third kappa shape index (κ3) is 3.10. The van der Waals surface area contributed by atoms with Gasteiger partial charge in [-0.3, -0.25) is 0 Å². The largest absolute Gasteiger partial charge is 0.464 e. The van der Waals surface area contributed by atoms with Crippen molar-refractivity contribution in [2.24, 2.45) is 5.92 Å². The molecule has 7 heteroatoms. The highest BCUT2D eigenvalue weighted by atomic mass is 19.1. The Hall–Kier alpha value is -3.01. The Labute approximate surface area is 151 Å². The molecule has 2 heterocycles. The summed E-state index contributed by atoms with van der Waals surface area (Å²) in [5.74, 6) is -0.590. The van der Waals surface area contributed by atoms with Crippen LogP contribution in [0.15, 0.2) is 24.4 Å². The number of ether oxygens (including phenoxy) is 1. The summed E-state index contributed by atoms with van der Waals surface area (Å²) in [6, 6.07) is 6.41. The average Bonchev–Trinajstić information content (AvgIpc) is 2.97. The summed E-state index contributed by atoms with van der Waals surface area (Å²) >= 11 is 0. The van der Waals surface area contributed by atoms with Crippen molar-refractivity contribution in [1.82, 2.24) is 4.57 Å². The normalized spacial score (nSPS) is 17.0. The molecular weight excluding hydrogens is 335 g/mol. The third-order valence-electron chi connectivity index (χ3n) is 4.74. The fourth-order valence-corrected chi connectivity index (χ4v) is 3.47. The van der Waals surface area contributed by atoms with Crippen LogP contribution in [0, 0.1) is 23.1 Å². The number of halogens is 1. The lowest BCUT2D eigenvalue weighted by Gasteiger charge is -2.34. The van der Waals surface area contributed by atoms with E-state index in [4.69, 9.17) is 10.5 Å². The van der Waals surface area contributed by atoms with Gasteiger partial charge < -0.3 is 19.9 Å². The number of hydrogen-bond acceptors (Lipinski definition) is 5. The molecule has 0 aliphatic carbocycles. The van der Waals surface area contributed by atoms with E-state index in [1.807, 2.05) is 6.07 Å².